The van der Waals surface area contributed by atoms with Crippen molar-refractivity contribution in [1.29, 1.82) is 0 Å². The van der Waals surface area contributed by atoms with E-state index in [4.69, 9.17) is 19.3 Å². The highest BCUT2D eigenvalue weighted by atomic mass is 16.7. The molecule has 1 saturated heterocycles. The molecule has 1 aromatic rings. The zero-order chi connectivity index (χ0) is 23.9. The first-order chi connectivity index (χ1) is 16.5. The molecule has 0 radical (unpaired) electrons. The minimum atomic E-state index is -0.961. The molecular formula is C28H42O6. The highest BCUT2D eigenvalue weighted by molar-refractivity contribution is 5.68. The van der Waals surface area contributed by atoms with E-state index in [0.29, 0.717) is 17.6 Å². The molecule has 1 heterocycles. The monoisotopic (exact) mass is 474 g/mol. The molecule has 1 aromatic carbocycles. The van der Waals surface area contributed by atoms with E-state index >= 15 is 0 Å². The van der Waals surface area contributed by atoms with Crippen molar-refractivity contribution in [2.45, 2.75) is 102 Å². The number of rotatable bonds is 12. The second-order valence-electron chi connectivity index (χ2n) is 10.5. The van der Waals surface area contributed by atoms with Crippen LogP contribution in [0.4, 0.5) is 0 Å². The van der Waals surface area contributed by atoms with Gasteiger partial charge in [0.15, 0.2) is 12.9 Å². The minimum absolute atomic E-state index is 0.0626. The third-order valence-corrected chi connectivity index (χ3v) is 8.13. The van der Waals surface area contributed by atoms with Crippen molar-refractivity contribution >= 4 is 5.97 Å². The number of hydrogen-bond acceptors (Lipinski definition) is 5. The van der Waals surface area contributed by atoms with Crippen LogP contribution in [0, 0.1) is 17.8 Å². The van der Waals surface area contributed by atoms with Gasteiger partial charge in [-0.05, 0) is 92.7 Å². The molecule has 1 unspecified atom stereocenters. The van der Waals surface area contributed by atoms with Crippen LogP contribution in [0.5, 0.6) is 5.75 Å². The largest absolute Gasteiger partial charge is 0.482 e. The maximum absolute atomic E-state index is 11.0. The van der Waals surface area contributed by atoms with Crippen LogP contribution in [0.15, 0.2) is 18.2 Å². The van der Waals surface area contributed by atoms with Gasteiger partial charge in [-0.3, -0.25) is 0 Å². The molecule has 6 nitrogen and oxygen atoms in total. The number of ether oxygens (including phenoxy) is 3. The van der Waals surface area contributed by atoms with Gasteiger partial charge in [0.05, 0.1) is 12.2 Å². The van der Waals surface area contributed by atoms with Crippen LogP contribution in [0.3, 0.4) is 0 Å². The lowest BCUT2D eigenvalue weighted by Crippen LogP contribution is -2.31. The fourth-order valence-corrected chi connectivity index (χ4v) is 6.39. The molecule has 1 saturated carbocycles. The molecule has 190 valence electrons. The van der Waals surface area contributed by atoms with E-state index in [2.05, 4.69) is 13.0 Å². The Labute approximate surface area is 204 Å². The van der Waals surface area contributed by atoms with Crippen molar-refractivity contribution in [3.63, 3.8) is 0 Å². The predicted molar refractivity (Wildman–Crippen MR) is 130 cm³/mol. The van der Waals surface area contributed by atoms with Crippen LogP contribution in [0.1, 0.15) is 82.3 Å². The molecule has 0 aromatic heterocycles. The summed E-state index contributed by atoms with van der Waals surface area (Å²) in [7, 11) is 0. The molecular weight excluding hydrogens is 432 g/mol. The van der Waals surface area contributed by atoms with E-state index < -0.39 is 5.97 Å². The predicted octanol–water partition coefficient (Wildman–Crippen LogP) is 5.13. The number of carboxylic acid groups (broad SMARTS) is 1. The Hall–Kier alpha value is -1.63. The first kappa shape index (κ1) is 25.5. The van der Waals surface area contributed by atoms with E-state index in [1.54, 1.807) is 0 Å². The molecule has 3 aliphatic rings. The van der Waals surface area contributed by atoms with Gasteiger partial charge in [-0.25, -0.2) is 4.79 Å². The van der Waals surface area contributed by atoms with Crippen molar-refractivity contribution in [2.75, 3.05) is 13.2 Å². The standard InChI is InChI=1S/C28H42O6/c1-2-3-4-9-21(34-28-11-5-6-14-32-28)12-13-22-23-15-19-8-7-10-26(33-18-27(30)31)24(19)16-20(23)17-25(22)29/h7-8,10,20-23,25,28-29H,2-6,9,11-18H2,1H3,(H,30,31)/t20-,21-,22+,23-,25+,28?/m0/s1. The van der Waals surface area contributed by atoms with Crippen LogP contribution in [0.25, 0.3) is 0 Å². The van der Waals surface area contributed by atoms with Gasteiger partial charge in [0.1, 0.15) is 5.75 Å². The zero-order valence-corrected chi connectivity index (χ0v) is 20.6. The summed E-state index contributed by atoms with van der Waals surface area (Å²) in [6.07, 6.45) is 12.4. The number of fused-ring (bicyclic) bond motifs is 2. The number of carbonyl (C=O) groups is 1. The molecule has 0 spiro atoms. The molecule has 6 heteroatoms. The number of hydrogen-bond donors (Lipinski definition) is 2. The lowest BCUT2D eigenvalue weighted by molar-refractivity contribution is -0.191. The molecule has 2 aliphatic carbocycles. The van der Waals surface area contributed by atoms with Gasteiger partial charge in [0, 0.05) is 6.61 Å². The van der Waals surface area contributed by atoms with Crippen molar-refractivity contribution in [1.82, 2.24) is 0 Å². The maximum Gasteiger partial charge on any atom is 0.341 e. The van der Waals surface area contributed by atoms with Crippen LogP contribution in [0.2, 0.25) is 0 Å². The lowest BCUT2D eigenvalue weighted by atomic mass is 9.73. The maximum atomic E-state index is 11.0. The van der Waals surface area contributed by atoms with Crippen LogP contribution < -0.4 is 4.74 Å². The average Bonchev–Trinajstić information content (AvgIpc) is 3.14. The van der Waals surface area contributed by atoms with E-state index in [0.717, 1.165) is 63.5 Å². The van der Waals surface area contributed by atoms with Gasteiger partial charge in [-0.1, -0.05) is 38.3 Å². The number of aliphatic hydroxyl groups excluding tert-OH is 1. The molecule has 0 amide bonds. The Bertz CT molecular complexity index is 789. The smallest absolute Gasteiger partial charge is 0.341 e. The Morgan fingerprint density at radius 3 is 2.85 bits per heavy atom. The highest BCUT2D eigenvalue weighted by Crippen LogP contribution is 2.48. The van der Waals surface area contributed by atoms with Crippen LogP contribution >= 0.6 is 0 Å². The van der Waals surface area contributed by atoms with Crippen molar-refractivity contribution < 1.29 is 29.2 Å². The first-order valence-electron chi connectivity index (χ1n) is 13.5. The molecule has 2 fully saturated rings. The number of carboxylic acids is 1. The third-order valence-electron chi connectivity index (χ3n) is 8.13. The van der Waals surface area contributed by atoms with Crippen molar-refractivity contribution in [3.8, 4) is 5.75 Å². The normalized spacial score (nSPS) is 29.3. The van der Waals surface area contributed by atoms with Crippen molar-refractivity contribution in [3.05, 3.63) is 29.3 Å². The van der Waals surface area contributed by atoms with E-state index in [1.165, 1.54) is 31.2 Å². The Morgan fingerprint density at radius 2 is 2.09 bits per heavy atom. The summed E-state index contributed by atoms with van der Waals surface area (Å²) in [6, 6.07) is 5.97. The van der Waals surface area contributed by atoms with Gasteiger partial charge in [-0.2, -0.15) is 0 Å². The summed E-state index contributed by atoms with van der Waals surface area (Å²) in [5.41, 5.74) is 2.38. The SMILES string of the molecule is CCCCC[C@@H](CC[C@@H]1[C@H]2Cc3cccc(OCC(=O)O)c3C[C@H]2C[C@H]1O)OC1CCCCO1. The quantitative estimate of drug-likeness (QED) is 0.408. The Kier molecular flexibility index (Phi) is 9.26. The molecule has 2 N–H and O–H groups in total. The van der Waals surface area contributed by atoms with E-state index in [1.807, 2.05) is 12.1 Å². The summed E-state index contributed by atoms with van der Waals surface area (Å²) in [5, 5.41) is 20.0. The number of aliphatic carboxylic acids is 1. The number of aliphatic hydroxyl groups is 1. The summed E-state index contributed by atoms with van der Waals surface area (Å²) in [6.45, 7) is 2.71. The fraction of sp³-hybridized carbons (Fsp3) is 0.750. The van der Waals surface area contributed by atoms with E-state index in [9.17, 15) is 9.90 Å². The zero-order valence-electron chi connectivity index (χ0n) is 20.6. The highest BCUT2D eigenvalue weighted by Gasteiger charge is 2.45. The lowest BCUT2D eigenvalue weighted by Gasteiger charge is -2.33. The summed E-state index contributed by atoms with van der Waals surface area (Å²) in [4.78, 5) is 11.0. The molecule has 0 bridgehead atoms. The first-order valence-corrected chi connectivity index (χ1v) is 13.5. The molecule has 1 aliphatic heterocycles. The van der Waals surface area contributed by atoms with Crippen LogP contribution in [-0.2, 0) is 27.1 Å². The summed E-state index contributed by atoms with van der Waals surface area (Å²) in [5.74, 6) is 0.888. The van der Waals surface area contributed by atoms with E-state index in [-0.39, 0.29) is 31.0 Å². The van der Waals surface area contributed by atoms with Gasteiger partial charge in [0.2, 0.25) is 0 Å². The topological polar surface area (TPSA) is 85.2 Å². The summed E-state index contributed by atoms with van der Waals surface area (Å²) >= 11 is 0. The number of unbranched alkanes of at least 4 members (excludes halogenated alkanes) is 2. The third kappa shape index (κ3) is 6.52. The molecule has 34 heavy (non-hydrogen) atoms. The Morgan fingerprint density at radius 1 is 1.21 bits per heavy atom. The summed E-state index contributed by atoms with van der Waals surface area (Å²) < 4.78 is 17.9. The number of benzene rings is 1. The fourth-order valence-electron chi connectivity index (χ4n) is 6.39. The van der Waals surface area contributed by atoms with Crippen molar-refractivity contribution in [2.24, 2.45) is 17.8 Å². The molecule has 6 atom stereocenters. The van der Waals surface area contributed by atoms with Gasteiger partial charge >= 0.3 is 5.97 Å². The van der Waals surface area contributed by atoms with Gasteiger partial charge in [-0.15, -0.1) is 0 Å². The second-order valence-corrected chi connectivity index (χ2v) is 10.5. The van der Waals surface area contributed by atoms with Gasteiger partial charge in [0.25, 0.3) is 0 Å². The average molecular weight is 475 g/mol. The Balaban J connectivity index is 1.38. The van der Waals surface area contributed by atoms with Crippen LogP contribution in [-0.4, -0.2) is 47.9 Å². The second kappa shape index (κ2) is 12.4. The molecule has 4 rings (SSSR count). The van der Waals surface area contributed by atoms with Gasteiger partial charge < -0.3 is 24.4 Å². The minimum Gasteiger partial charge on any atom is -0.482 e.